The highest BCUT2D eigenvalue weighted by molar-refractivity contribution is 5.64. The topological polar surface area (TPSA) is 53.9 Å². The lowest BCUT2D eigenvalue weighted by molar-refractivity contribution is 0.476. The second-order valence-electron chi connectivity index (χ2n) is 6.94. The molecule has 1 unspecified atom stereocenters. The van der Waals surface area contributed by atoms with Crippen LogP contribution >= 0.6 is 0 Å². The van der Waals surface area contributed by atoms with Gasteiger partial charge >= 0.3 is 0 Å². The average Bonchev–Trinajstić information content (AvgIpc) is 2.51. The molecule has 2 aromatic rings. The van der Waals surface area contributed by atoms with E-state index in [2.05, 4.69) is 60.0 Å². The second kappa shape index (κ2) is 6.75. The van der Waals surface area contributed by atoms with Crippen LogP contribution in [-0.4, -0.2) is 27.5 Å². The molecule has 1 saturated heterocycles. The van der Waals surface area contributed by atoms with Crippen molar-refractivity contribution in [1.29, 1.82) is 0 Å². The van der Waals surface area contributed by atoms with Crippen LogP contribution in [0.15, 0.2) is 12.1 Å². The zero-order valence-electron chi connectivity index (χ0n) is 15.3. The first-order valence-corrected chi connectivity index (χ1v) is 8.78. The van der Waals surface area contributed by atoms with Crippen molar-refractivity contribution in [3.63, 3.8) is 0 Å². The molecule has 0 amide bonds. The smallest absolute Gasteiger partial charge is 0.232 e. The predicted octanol–water partition coefficient (Wildman–Crippen LogP) is 4.23. The van der Waals surface area contributed by atoms with Gasteiger partial charge in [-0.2, -0.15) is 15.0 Å². The molecule has 24 heavy (non-hydrogen) atoms. The first kappa shape index (κ1) is 16.7. The minimum absolute atomic E-state index is 0.483. The van der Waals surface area contributed by atoms with Gasteiger partial charge in [0.05, 0.1) is 0 Å². The summed E-state index contributed by atoms with van der Waals surface area (Å²) in [5.74, 6) is 2.17. The van der Waals surface area contributed by atoms with Gasteiger partial charge in [-0.1, -0.05) is 17.7 Å². The molecule has 5 nitrogen and oxygen atoms in total. The number of anilines is 3. The second-order valence-corrected chi connectivity index (χ2v) is 6.94. The van der Waals surface area contributed by atoms with Crippen LogP contribution in [0.2, 0.25) is 0 Å². The highest BCUT2D eigenvalue weighted by atomic mass is 15.3. The molecule has 3 rings (SSSR count). The van der Waals surface area contributed by atoms with Crippen LogP contribution in [-0.2, 0) is 0 Å². The third kappa shape index (κ3) is 3.50. The third-order valence-electron chi connectivity index (χ3n) is 4.71. The number of hydrogen-bond donors (Lipinski definition) is 1. The van der Waals surface area contributed by atoms with Gasteiger partial charge in [0.25, 0.3) is 0 Å². The van der Waals surface area contributed by atoms with E-state index in [1.54, 1.807) is 0 Å². The third-order valence-corrected chi connectivity index (χ3v) is 4.71. The number of aryl methyl sites for hydroxylation is 4. The van der Waals surface area contributed by atoms with E-state index in [4.69, 9.17) is 4.98 Å². The van der Waals surface area contributed by atoms with Gasteiger partial charge in [-0.25, -0.2) is 0 Å². The van der Waals surface area contributed by atoms with Crippen LogP contribution in [0, 0.1) is 27.7 Å². The van der Waals surface area contributed by atoms with Gasteiger partial charge in [0.2, 0.25) is 11.9 Å². The molecule has 128 valence electrons. The van der Waals surface area contributed by atoms with E-state index < -0.39 is 0 Å². The molecule has 0 aliphatic carbocycles. The normalized spacial score (nSPS) is 17.9. The highest BCUT2D eigenvalue weighted by Crippen LogP contribution is 2.26. The first-order valence-electron chi connectivity index (χ1n) is 8.78. The number of aromatic nitrogens is 3. The van der Waals surface area contributed by atoms with Gasteiger partial charge in [0, 0.05) is 18.3 Å². The first-order chi connectivity index (χ1) is 11.4. The number of piperidine rings is 1. The van der Waals surface area contributed by atoms with Crippen molar-refractivity contribution >= 4 is 17.6 Å². The highest BCUT2D eigenvalue weighted by Gasteiger charge is 2.22. The molecule has 0 radical (unpaired) electrons. The Kier molecular flexibility index (Phi) is 4.69. The van der Waals surface area contributed by atoms with Crippen molar-refractivity contribution < 1.29 is 0 Å². The fourth-order valence-electron chi connectivity index (χ4n) is 3.54. The van der Waals surface area contributed by atoms with Crippen LogP contribution in [0.3, 0.4) is 0 Å². The van der Waals surface area contributed by atoms with Crippen molar-refractivity contribution in [2.45, 2.75) is 59.9 Å². The number of rotatable bonds is 3. The van der Waals surface area contributed by atoms with Crippen LogP contribution in [0.4, 0.5) is 17.6 Å². The van der Waals surface area contributed by atoms with Crippen molar-refractivity contribution in [2.24, 2.45) is 0 Å². The van der Waals surface area contributed by atoms with E-state index in [0.29, 0.717) is 12.0 Å². The number of nitrogens with one attached hydrogen (secondary N) is 1. The molecule has 1 aromatic heterocycles. The fourth-order valence-corrected chi connectivity index (χ4v) is 3.54. The van der Waals surface area contributed by atoms with E-state index in [0.717, 1.165) is 24.0 Å². The minimum atomic E-state index is 0.483. The maximum absolute atomic E-state index is 4.70. The maximum atomic E-state index is 4.70. The Labute approximate surface area is 144 Å². The lowest BCUT2D eigenvalue weighted by Gasteiger charge is -2.33. The van der Waals surface area contributed by atoms with Crippen LogP contribution < -0.4 is 10.2 Å². The fraction of sp³-hybridized carbons (Fsp3) is 0.526. The van der Waals surface area contributed by atoms with Crippen LogP contribution in [0.25, 0.3) is 0 Å². The summed E-state index contributed by atoms with van der Waals surface area (Å²) in [5.41, 5.74) is 4.77. The number of hydrogen-bond acceptors (Lipinski definition) is 5. The molecular weight excluding hydrogens is 298 g/mol. The van der Waals surface area contributed by atoms with Crippen LogP contribution in [0.5, 0.6) is 0 Å². The van der Waals surface area contributed by atoms with Crippen molar-refractivity contribution in [1.82, 2.24) is 15.0 Å². The van der Waals surface area contributed by atoms with Gasteiger partial charge in [-0.3, -0.25) is 0 Å². The molecule has 1 atom stereocenters. The lowest BCUT2D eigenvalue weighted by atomic mass is 10.0. The number of benzene rings is 1. The molecular formula is C19H27N5. The summed E-state index contributed by atoms with van der Waals surface area (Å²) in [4.78, 5) is 16.1. The zero-order valence-corrected chi connectivity index (χ0v) is 15.3. The Balaban J connectivity index is 1.92. The van der Waals surface area contributed by atoms with Gasteiger partial charge in [-0.15, -0.1) is 0 Å². The Bertz CT molecular complexity index is 718. The largest absolute Gasteiger partial charge is 0.338 e. The SMILES string of the molecule is Cc1cc(C)c(Nc2nc(C)nc(N3CCCCC3C)n2)c(C)c1. The van der Waals surface area contributed by atoms with Gasteiger partial charge in [0.15, 0.2) is 0 Å². The van der Waals surface area contributed by atoms with Crippen LogP contribution in [0.1, 0.15) is 48.7 Å². The Morgan fingerprint density at radius 3 is 2.38 bits per heavy atom. The molecule has 1 aromatic carbocycles. The van der Waals surface area contributed by atoms with Gasteiger partial charge in [0.1, 0.15) is 5.82 Å². The molecule has 2 heterocycles. The summed E-state index contributed by atoms with van der Waals surface area (Å²) >= 11 is 0. The molecule has 1 fully saturated rings. The van der Waals surface area contributed by atoms with E-state index in [1.807, 2.05) is 6.92 Å². The molecule has 5 heteroatoms. The Morgan fingerprint density at radius 1 is 1.00 bits per heavy atom. The van der Waals surface area contributed by atoms with E-state index >= 15 is 0 Å². The monoisotopic (exact) mass is 325 g/mol. The summed E-state index contributed by atoms with van der Waals surface area (Å²) < 4.78 is 0. The average molecular weight is 325 g/mol. The molecule has 1 N–H and O–H groups in total. The molecule has 0 spiro atoms. The zero-order chi connectivity index (χ0) is 17.3. The predicted molar refractivity (Wildman–Crippen MR) is 99.2 cm³/mol. The standard InChI is InChI=1S/C19H27N5/c1-12-10-13(2)17(14(3)11-12)22-18-20-16(5)21-19(23-18)24-9-7-6-8-15(24)4/h10-11,15H,6-9H2,1-5H3,(H,20,21,22,23). The van der Waals surface area contributed by atoms with E-state index in [9.17, 15) is 0 Å². The van der Waals surface area contributed by atoms with Crippen molar-refractivity contribution in [2.75, 3.05) is 16.8 Å². The summed E-state index contributed by atoms with van der Waals surface area (Å²) in [6, 6.07) is 4.84. The molecule has 1 aliphatic heterocycles. The van der Waals surface area contributed by atoms with Gasteiger partial charge in [-0.05, 0) is 65.0 Å². The maximum Gasteiger partial charge on any atom is 0.232 e. The van der Waals surface area contributed by atoms with E-state index in [-0.39, 0.29) is 0 Å². The molecule has 1 aliphatic rings. The molecule has 0 bridgehead atoms. The summed E-state index contributed by atoms with van der Waals surface area (Å²) in [6.45, 7) is 11.5. The quantitative estimate of drug-likeness (QED) is 0.915. The summed E-state index contributed by atoms with van der Waals surface area (Å²) in [7, 11) is 0. The van der Waals surface area contributed by atoms with Gasteiger partial charge < -0.3 is 10.2 Å². The lowest BCUT2D eigenvalue weighted by Crippen LogP contribution is -2.38. The molecule has 0 saturated carbocycles. The Morgan fingerprint density at radius 2 is 1.71 bits per heavy atom. The van der Waals surface area contributed by atoms with Crippen molar-refractivity contribution in [3.05, 3.63) is 34.6 Å². The van der Waals surface area contributed by atoms with E-state index in [1.165, 1.54) is 36.0 Å². The Hall–Kier alpha value is -2.17. The summed E-state index contributed by atoms with van der Waals surface area (Å²) in [6.07, 6.45) is 3.69. The van der Waals surface area contributed by atoms with Crippen molar-refractivity contribution in [3.8, 4) is 0 Å². The summed E-state index contributed by atoms with van der Waals surface area (Å²) in [5, 5.41) is 3.41. The number of nitrogens with zero attached hydrogens (tertiary/aromatic N) is 4. The minimum Gasteiger partial charge on any atom is -0.338 e.